The number of halogens is 1. The van der Waals surface area contributed by atoms with Gasteiger partial charge in [-0.05, 0) is 31.2 Å². The number of piperazine rings is 1. The maximum atomic E-state index is 5.88. The molecule has 0 atom stereocenters. The van der Waals surface area contributed by atoms with Crippen LogP contribution in [-0.2, 0) is 6.54 Å². The van der Waals surface area contributed by atoms with Crippen LogP contribution in [0.2, 0.25) is 5.02 Å². The van der Waals surface area contributed by atoms with Crippen LogP contribution >= 0.6 is 11.6 Å². The second-order valence-electron chi connectivity index (χ2n) is 5.13. The van der Waals surface area contributed by atoms with Crippen LogP contribution in [0.5, 0.6) is 0 Å². The van der Waals surface area contributed by atoms with Gasteiger partial charge >= 0.3 is 0 Å². The summed E-state index contributed by atoms with van der Waals surface area (Å²) in [5, 5.41) is 11.1. The van der Waals surface area contributed by atoms with E-state index in [4.69, 9.17) is 16.1 Å². The molecule has 0 saturated carbocycles. The molecule has 1 aromatic heterocycles. The number of hydrogen-bond acceptors (Lipinski definition) is 6. The number of nitrogens with zero attached hydrogens (tertiary/aromatic N) is 5. The van der Waals surface area contributed by atoms with E-state index in [1.165, 1.54) is 0 Å². The molecule has 1 fully saturated rings. The highest BCUT2D eigenvalue weighted by atomic mass is 35.5. The van der Waals surface area contributed by atoms with Crippen LogP contribution in [0, 0.1) is 0 Å². The van der Waals surface area contributed by atoms with Crippen LogP contribution in [-0.4, -0.2) is 52.4 Å². The second-order valence-corrected chi connectivity index (χ2v) is 5.56. The third-order valence-corrected chi connectivity index (χ3v) is 3.80. The summed E-state index contributed by atoms with van der Waals surface area (Å²) in [6.07, 6.45) is 1.83. The Bertz CT molecular complexity index is 632. The molecule has 2 aromatic rings. The van der Waals surface area contributed by atoms with E-state index < -0.39 is 0 Å². The zero-order valence-electron chi connectivity index (χ0n) is 12.4. The lowest BCUT2D eigenvalue weighted by Gasteiger charge is -2.32. The molecule has 1 aromatic carbocycles. The van der Waals surface area contributed by atoms with Gasteiger partial charge in [0.2, 0.25) is 0 Å². The van der Waals surface area contributed by atoms with Crippen molar-refractivity contribution < 1.29 is 4.52 Å². The van der Waals surface area contributed by atoms with Crippen molar-refractivity contribution in [1.29, 1.82) is 0 Å². The van der Waals surface area contributed by atoms with Gasteiger partial charge in [-0.25, -0.2) is 0 Å². The number of aromatic nitrogens is 2. The fourth-order valence-corrected chi connectivity index (χ4v) is 2.53. The summed E-state index contributed by atoms with van der Waals surface area (Å²) in [5.74, 6) is 1.23. The predicted octanol–water partition coefficient (Wildman–Crippen LogP) is 2.51. The Morgan fingerprint density at radius 3 is 2.64 bits per heavy atom. The number of rotatable bonds is 4. The van der Waals surface area contributed by atoms with Crippen LogP contribution < -0.4 is 0 Å². The van der Waals surface area contributed by atoms with Crippen LogP contribution in [0.15, 0.2) is 33.9 Å². The third-order valence-electron chi connectivity index (χ3n) is 3.55. The van der Waals surface area contributed by atoms with Crippen molar-refractivity contribution in [3.63, 3.8) is 0 Å². The SMILES string of the molecule is C/C=N/N1CCN(Cc2noc(-c3ccc(Cl)cc3)n2)CC1. The van der Waals surface area contributed by atoms with E-state index in [1.54, 1.807) is 0 Å². The van der Waals surface area contributed by atoms with Crippen LogP contribution in [0.1, 0.15) is 12.7 Å². The highest BCUT2D eigenvalue weighted by Gasteiger charge is 2.18. The zero-order valence-corrected chi connectivity index (χ0v) is 13.2. The second kappa shape index (κ2) is 6.89. The molecule has 0 spiro atoms. The first-order chi connectivity index (χ1) is 10.7. The van der Waals surface area contributed by atoms with Gasteiger partial charge in [0, 0.05) is 43.0 Å². The van der Waals surface area contributed by atoms with E-state index >= 15 is 0 Å². The Morgan fingerprint density at radius 2 is 1.95 bits per heavy atom. The monoisotopic (exact) mass is 319 g/mol. The van der Waals surface area contributed by atoms with E-state index in [0.717, 1.165) is 31.7 Å². The van der Waals surface area contributed by atoms with Crippen LogP contribution in [0.3, 0.4) is 0 Å². The third kappa shape index (κ3) is 3.64. The molecular weight excluding hydrogens is 302 g/mol. The summed E-state index contributed by atoms with van der Waals surface area (Å²) in [6.45, 7) is 6.37. The summed E-state index contributed by atoms with van der Waals surface area (Å²) in [7, 11) is 0. The van der Waals surface area contributed by atoms with Gasteiger partial charge in [0.05, 0.1) is 6.54 Å². The first kappa shape index (κ1) is 15.0. The number of hydrazone groups is 1. The van der Waals surface area contributed by atoms with Crippen molar-refractivity contribution >= 4 is 17.8 Å². The van der Waals surface area contributed by atoms with E-state index in [9.17, 15) is 0 Å². The molecule has 0 bridgehead atoms. The average molecular weight is 320 g/mol. The van der Waals surface area contributed by atoms with E-state index in [1.807, 2.05) is 37.4 Å². The highest BCUT2D eigenvalue weighted by molar-refractivity contribution is 6.30. The lowest BCUT2D eigenvalue weighted by molar-refractivity contribution is 0.128. The van der Waals surface area contributed by atoms with E-state index in [0.29, 0.717) is 23.3 Å². The fourth-order valence-electron chi connectivity index (χ4n) is 2.40. The van der Waals surface area contributed by atoms with Crippen LogP contribution in [0.25, 0.3) is 11.5 Å². The lowest BCUT2D eigenvalue weighted by Crippen LogP contribution is -2.43. The van der Waals surface area contributed by atoms with Gasteiger partial charge in [-0.2, -0.15) is 10.1 Å². The number of hydrogen-bond donors (Lipinski definition) is 0. The summed E-state index contributed by atoms with van der Waals surface area (Å²) in [4.78, 5) is 6.76. The molecule has 0 unspecified atom stereocenters. The molecule has 116 valence electrons. The van der Waals surface area contributed by atoms with Crippen molar-refractivity contribution in [2.24, 2.45) is 5.10 Å². The fraction of sp³-hybridized carbons (Fsp3) is 0.400. The average Bonchev–Trinajstić information content (AvgIpc) is 2.99. The van der Waals surface area contributed by atoms with Gasteiger partial charge < -0.3 is 4.52 Å². The van der Waals surface area contributed by atoms with Gasteiger partial charge in [-0.3, -0.25) is 9.91 Å². The zero-order chi connectivity index (χ0) is 15.4. The normalized spacial score (nSPS) is 16.5. The van der Waals surface area contributed by atoms with Gasteiger partial charge in [0.25, 0.3) is 5.89 Å². The Morgan fingerprint density at radius 1 is 1.23 bits per heavy atom. The first-order valence-corrected chi connectivity index (χ1v) is 7.67. The van der Waals surface area contributed by atoms with Crippen molar-refractivity contribution in [3.8, 4) is 11.5 Å². The van der Waals surface area contributed by atoms with E-state index in [-0.39, 0.29) is 0 Å². The minimum atomic E-state index is 0.529. The van der Waals surface area contributed by atoms with Gasteiger partial charge in [0.15, 0.2) is 5.82 Å². The Kier molecular flexibility index (Phi) is 4.70. The number of benzene rings is 1. The van der Waals surface area contributed by atoms with Crippen molar-refractivity contribution in [2.75, 3.05) is 26.2 Å². The minimum absolute atomic E-state index is 0.529. The molecule has 6 nitrogen and oxygen atoms in total. The summed E-state index contributed by atoms with van der Waals surface area (Å²) in [6, 6.07) is 7.38. The van der Waals surface area contributed by atoms with Gasteiger partial charge in [0.1, 0.15) is 0 Å². The molecule has 1 aliphatic heterocycles. The van der Waals surface area contributed by atoms with Gasteiger partial charge in [-0.1, -0.05) is 16.8 Å². The maximum absolute atomic E-state index is 5.88. The maximum Gasteiger partial charge on any atom is 0.257 e. The Hall–Kier alpha value is -1.92. The molecule has 22 heavy (non-hydrogen) atoms. The predicted molar refractivity (Wildman–Crippen MR) is 85.8 cm³/mol. The topological polar surface area (TPSA) is 57.8 Å². The smallest absolute Gasteiger partial charge is 0.257 e. The Balaban J connectivity index is 1.59. The van der Waals surface area contributed by atoms with Crippen LogP contribution in [0.4, 0.5) is 0 Å². The quantitative estimate of drug-likeness (QED) is 0.810. The largest absolute Gasteiger partial charge is 0.334 e. The molecule has 1 saturated heterocycles. The van der Waals surface area contributed by atoms with Gasteiger partial charge in [-0.15, -0.1) is 0 Å². The van der Waals surface area contributed by atoms with Crippen molar-refractivity contribution in [2.45, 2.75) is 13.5 Å². The highest BCUT2D eigenvalue weighted by Crippen LogP contribution is 2.20. The summed E-state index contributed by atoms with van der Waals surface area (Å²) < 4.78 is 5.33. The molecule has 0 radical (unpaired) electrons. The minimum Gasteiger partial charge on any atom is -0.334 e. The van der Waals surface area contributed by atoms with E-state index in [2.05, 4.69) is 25.2 Å². The molecule has 0 amide bonds. The first-order valence-electron chi connectivity index (χ1n) is 7.29. The molecular formula is C15H18ClN5O. The summed E-state index contributed by atoms with van der Waals surface area (Å²) >= 11 is 5.88. The molecule has 7 heteroatoms. The molecule has 1 aliphatic rings. The summed E-state index contributed by atoms with van der Waals surface area (Å²) in [5.41, 5.74) is 0.880. The molecule has 0 N–H and O–H groups in total. The lowest BCUT2D eigenvalue weighted by atomic mass is 10.2. The molecule has 0 aliphatic carbocycles. The standard InChI is InChI=1S/C15H18ClN5O/c1-2-17-21-9-7-20(8-10-21)11-14-18-15(22-19-14)12-3-5-13(16)6-4-12/h2-6H,7-11H2,1H3/b17-2+. The molecule has 2 heterocycles. The van der Waals surface area contributed by atoms with Crippen molar-refractivity contribution in [3.05, 3.63) is 35.1 Å². The molecule has 3 rings (SSSR count). The Labute approximate surface area is 134 Å². The van der Waals surface area contributed by atoms with Crippen molar-refractivity contribution in [1.82, 2.24) is 20.0 Å².